The van der Waals surface area contributed by atoms with Gasteiger partial charge in [-0.1, -0.05) is 25.8 Å². The number of carbonyl (C=O) groups is 2. The van der Waals surface area contributed by atoms with Crippen LogP contribution in [-0.2, 0) is 11.3 Å². The van der Waals surface area contributed by atoms with E-state index in [-0.39, 0.29) is 12.1 Å². The highest BCUT2D eigenvalue weighted by molar-refractivity contribution is 7.09. The summed E-state index contributed by atoms with van der Waals surface area (Å²) >= 11 is 1.61. The van der Waals surface area contributed by atoms with Crippen LogP contribution in [0.15, 0.2) is 17.5 Å². The zero-order chi connectivity index (χ0) is 15.2. The quantitative estimate of drug-likeness (QED) is 0.775. The van der Waals surface area contributed by atoms with Crippen molar-refractivity contribution >= 4 is 23.3 Å². The standard InChI is InChI=1S/C15H22N2O3S/c1-2-3-6-13(14(18)19)16-15(20)17(11-7-8-11)10-12-5-4-9-21-12/h4-5,9,11,13H,2-3,6-8,10H2,1H3,(H,16,20)(H,18,19)/t13-/m0/s1. The number of thiophene rings is 1. The third-order valence-electron chi connectivity index (χ3n) is 3.60. The van der Waals surface area contributed by atoms with E-state index >= 15 is 0 Å². The lowest BCUT2D eigenvalue weighted by molar-refractivity contribution is -0.139. The molecule has 2 amide bonds. The number of nitrogens with zero attached hydrogens (tertiary/aromatic N) is 1. The number of unbranched alkanes of at least 4 members (excludes halogenated alkanes) is 1. The molecule has 1 aliphatic carbocycles. The fourth-order valence-corrected chi connectivity index (χ4v) is 2.92. The molecule has 0 aliphatic heterocycles. The number of carboxylic acid groups (broad SMARTS) is 1. The molecule has 116 valence electrons. The molecule has 1 atom stereocenters. The van der Waals surface area contributed by atoms with Crippen LogP contribution in [0, 0.1) is 0 Å². The van der Waals surface area contributed by atoms with Gasteiger partial charge in [0.15, 0.2) is 0 Å². The monoisotopic (exact) mass is 310 g/mol. The van der Waals surface area contributed by atoms with E-state index in [0.717, 1.165) is 30.6 Å². The molecule has 0 bridgehead atoms. The largest absolute Gasteiger partial charge is 0.480 e. The average molecular weight is 310 g/mol. The van der Waals surface area contributed by atoms with Gasteiger partial charge in [0.25, 0.3) is 0 Å². The summed E-state index contributed by atoms with van der Waals surface area (Å²) in [6, 6.07) is 3.17. The van der Waals surface area contributed by atoms with Crippen molar-refractivity contribution in [1.82, 2.24) is 10.2 Å². The van der Waals surface area contributed by atoms with Gasteiger partial charge in [-0.25, -0.2) is 9.59 Å². The number of urea groups is 1. The van der Waals surface area contributed by atoms with E-state index in [1.807, 2.05) is 24.4 Å². The Kier molecular flexibility index (Phi) is 5.61. The predicted octanol–water partition coefficient (Wildman–Crippen LogP) is 3.07. The van der Waals surface area contributed by atoms with Gasteiger partial charge in [-0.15, -0.1) is 11.3 Å². The summed E-state index contributed by atoms with van der Waals surface area (Å²) in [6.45, 7) is 2.57. The molecule has 6 heteroatoms. The lowest BCUT2D eigenvalue weighted by atomic mass is 10.1. The molecule has 0 unspecified atom stereocenters. The summed E-state index contributed by atoms with van der Waals surface area (Å²) in [5.41, 5.74) is 0. The van der Waals surface area contributed by atoms with Crippen LogP contribution in [0.2, 0.25) is 0 Å². The van der Waals surface area contributed by atoms with E-state index < -0.39 is 12.0 Å². The lowest BCUT2D eigenvalue weighted by Gasteiger charge is -2.24. The Labute approximate surface area is 129 Å². The first-order valence-corrected chi connectivity index (χ1v) is 8.32. The Morgan fingerprint density at radius 3 is 2.81 bits per heavy atom. The van der Waals surface area contributed by atoms with Crippen molar-refractivity contribution in [1.29, 1.82) is 0 Å². The summed E-state index contributed by atoms with van der Waals surface area (Å²) in [7, 11) is 0. The third-order valence-corrected chi connectivity index (χ3v) is 4.46. The molecule has 1 aromatic heterocycles. The Morgan fingerprint density at radius 1 is 1.52 bits per heavy atom. The molecule has 21 heavy (non-hydrogen) atoms. The Bertz CT molecular complexity index is 471. The first kappa shape index (κ1) is 15.8. The zero-order valence-electron chi connectivity index (χ0n) is 12.2. The van der Waals surface area contributed by atoms with Gasteiger partial charge < -0.3 is 15.3 Å². The molecule has 0 aromatic carbocycles. The molecule has 0 saturated heterocycles. The molecule has 1 aliphatic rings. The second kappa shape index (κ2) is 7.45. The van der Waals surface area contributed by atoms with Gasteiger partial charge in [-0.05, 0) is 30.7 Å². The summed E-state index contributed by atoms with van der Waals surface area (Å²) < 4.78 is 0. The third kappa shape index (κ3) is 4.74. The van der Waals surface area contributed by atoms with E-state index in [9.17, 15) is 14.7 Å². The van der Waals surface area contributed by atoms with E-state index in [4.69, 9.17) is 0 Å². The van der Waals surface area contributed by atoms with Gasteiger partial charge in [-0.3, -0.25) is 0 Å². The van der Waals surface area contributed by atoms with Crippen LogP contribution >= 0.6 is 11.3 Å². The Balaban J connectivity index is 1.95. The molecule has 1 heterocycles. The molecule has 1 saturated carbocycles. The van der Waals surface area contributed by atoms with E-state index in [1.54, 1.807) is 16.2 Å². The molecular formula is C15H22N2O3S. The maximum atomic E-state index is 12.4. The van der Waals surface area contributed by atoms with Crippen LogP contribution in [0.1, 0.15) is 43.9 Å². The van der Waals surface area contributed by atoms with Crippen molar-refractivity contribution in [3.8, 4) is 0 Å². The van der Waals surface area contributed by atoms with E-state index in [1.165, 1.54) is 0 Å². The van der Waals surface area contributed by atoms with Gasteiger partial charge in [0.1, 0.15) is 6.04 Å². The van der Waals surface area contributed by atoms with Crippen molar-refractivity contribution in [2.45, 2.75) is 57.7 Å². The fourth-order valence-electron chi connectivity index (χ4n) is 2.22. The van der Waals surface area contributed by atoms with Crippen LogP contribution in [0.3, 0.4) is 0 Å². The summed E-state index contributed by atoms with van der Waals surface area (Å²) in [5.74, 6) is -0.955. The number of nitrogens with one attached hydrogen (secondary N) is 1. The highest BCUT2D eigenvalue weighted by Gasteiger charge is 2.34. The Hall–Kier alpha value is -1.56. The van der Waals surface area contributed by atoms with Crippen molar-refractivity contribution in [3.63, 3.8) is 0 Å². The van der Waals surface area contributed by atoms with Crippen LogP contribution in [0.25, 0.3) is 0 Å². The number of aliphatic carboxylic acids is 1. The summed E-state index contributed by atoms with van der Waals surface area (Å²) in [6.07, 6.45) is 4.21. The smallest absolute Gasteiger partial charge is 0.326 e. The van der Waals surface area contributed by atoms with Crippen molar-refractivity contribution in [2.24, 2.45) is 0 Å². The molecule has 2 rings (SSSR count). The molecule has 1 fully saturated rings. The topological polar surface area (TPSA) is 69.6 Å². The second-order valence-corrected chi connectivity index (χ2v) is 6.45. The van der Waals surface area contributed by atoms with Crippen molar-refractivity contribution < 1.29 is 14.7 Å². The molecule has 0 radical (unpaired) electrons. The fraction of sp³-hybridized carbons (Fsp3) is 0.600. The minimum absolute atomic E-state index is 0.255. The first-order valence-electron chi connectivity index (χ1n) is 7.44. The summed E-state index contributed by atoms with van der Waals surface area (Å²) in [5, 5.41) is 13.9. The zero-order valence-corrected chi connectivity index (χ0v) is 13.1. The number of amides is 2. The minimum Gasteiger partial charge on any atom is -0.480 e. The maximum Gasteiger partial charge on any atom is 0.326 e. The molecule has 0 spiro atoms. The van der Waals surface area contributed by atoms with Crippen LogP contribution in [-0.4, -0.2) is 34.1 Å². The van der Waals surface area contributed by atoms with E-state index in [2.05, 4.69) is 5.32 Å². The van der Waals surface area contributed by atoms with Gasteiger partial charge in [0.2, 0.25) is 0 Å². The number of hydrogen-bond acceptors (Lipinski definition) is 3. The van der Waals surface area contributed by atoms with Gasteiger partial charge >= 0.3 is 12.0 Å². The normalized spacial score (nSPS) is 15.5. The maximum absolute atomic E-state index is 12.4. The molecule has 1 aromatic rings. The highest BCUT2D eigenvalue weighted by Crippen LogP contribution is 2.29. The number of rotatable bonds is 8. The van der Waals surface area contributed by atoms with Gasteiger partial charge in [0.05, 0.1) is 6.54 Å². The van der Waals surface area contributed by atoms with Crippen LogP contribution in [0.5, 0.6) is 0 Å². The predicted molar refractivity (Wildman–Crippen MR) is 82.4 cm³/mol. The van der Waals surface area contributed by atoms with Crippen LogP contribution in [0.4, 0.5) is 4.79 Å². The van der Waals surface area contributed by atoms with Crippen molar-refractivity contribution in [2.75, 3.05) is 0 Å². The average Bonchev–Trinajstić information content (AvgIpc) is 3.16. The number of hydrogen-bond donors (Lipinski definition) is 2. The highest BCUT2D eigenvalue weighted by atomic mass is 32.1. The summed E-state index contributed by atoms with van der Waals surface area (Å²) in [4.78, 5) is 26.5. The first-order chi connectivity index (χ1) is 10.1. The van der Waals surface area contributed by atoms with Crippen LogP contribution < -0.4 is 5.32 Å². The SMILES string of the molecule is CCCC[C@H](NC(=O)N(Cc1cccs1)C1CC1)C(=O)O. The lowest BCUT2D eigenvalue weighted by Crippen LogP contribution is -2.48. The Morgan fingerprint density at radius 2 is 2.29 bits per heavy atom. The van der Waals surface area contributed by atoms with Gasteiger partial charge in [0, 0.05) is 10.9 Å². The van der Waals surface area contributed by atoms with E-state index in [0.29, 0.717) is 13.0 Å². The van der Waals surface area contributed by atoms with Gasteiger partial charge in [-0.2, -0.15) is 0 Å². The number of carbonyl (C=O) groups excluding carboxylic acids is 1. The molecule has 2 N–H and O–H groups in total. The number of carboxylic acids is 1. The molecule has 5 nitrogen and oxygen atoms in total. The minimum atomic E-state index is -0.955. The second-order valence-electron chi connectivity index (χ2n) is 5.42. The van der Waals surface area contributed by atoms with Crippen molar-refractivity contribution in [3.05, 3.63) is 22.4 Å². The molecular weight excluding hydrogens is 288 g/mol.